The summed E-state index contributed by atoms with van der Waals surface area (Å²) in [4.78, 5) is 10.5. The first-order valence-corrected chi connectivity index (χ1v) is 5.30. The van der Waals surface area contributed by atoms with Crippen molar-refractivity contribution in [3.05, 3.63) is 24.6 Å². The van der Waals surface area contributed by atoms with E-state index in [0.717, 1.165) is 6.08 Å². The van der Waals surface area contributed by atoms with Crippen LogP contribution in [0.3, 0.4) is 0 Å². The van der Waals surface area contributed by atoms with Gasteiger partial charge >= 0.3 is 5.97 Å². The van der Waals surface area contributed by atoms with Crippen molar-refractivity contribution in [3.63, 3.8) is 0 Å². The minimum atomic E-state index is -3.62. The molecule has 0 amide bonds. The van der Waals surface area contributed by atoms with Gasteiger partial charge in [0.25, 0.3) is 10.1 Å². The standard InChI is InChI=1S/C8H12O5S/c1-3-8(9)12-6-5-7-13-14(10,11)4-2/h3-4H,1-2,5-7H2. The van der Waals surface area contributed by atoms with Crippen LogP contribution in [0.4, 0.5) is 0 Å². The molecule has 5 nitrogen and oxygen atoms in total. The Labute approximate surface area is 83.1 Å². The van der Waals surface area contributed by atoms with Crippen molar-refractivity contribution in [3.8, 4) is 0 Å². The number of carbonyl (C=O) groups excluding carboxylic acids is 1. The first kappa shape index (κ1) is 12.9. The predicted octanol–water partition coefficient (Wildman–Crippen LogP) is 0.596. The lowest BCUT2D eigenvalue weighted by Crippen LogP contribution is -2.08. The van der Waals surface area contributed by atoms with Crippen molar-refractivity contribution in [1.29, 1.82) is 0 Å². The molecule has 0 aliphatic heterocycles. The SMILES string of the molecule is C=CC(=O)OCCCOS(=O)(=O)C=C. The topological polar surface area (TPSA) is 69.7 Å². The molecule has 0 aliphatic rings. The normalized spacial score (nSPS) is 10.6. The average molecular weight is 220 g/mol. The molecule has 0 radical (unpaired) electrons. The quantitative estimate of drug-likeness (QED) is 0.272. The first-order valence-electron chi connectivity index (χ1n) is 3.83. The highest BCUT2D eigenvalue weighted by Gasteiger charge is 2.03. The summed E-state index contributed by atoms with van der Waals surface area (Å²) in [6.07, 6.45) is 1.33. The maximum Gasteiger partial charge on any atom is 0.330 e. The zero-order valence-corrected chi connectivity index (χ0v) is 8.46. The number of carbonyl (C=O) groups is 1. The third-order valence-electron chi connectivity index (χ3n) is 1.15. The van der Waals surface area contributed by atoms with Crippen molar-refractivity contribution in [1.82, 2.24) is 0 Å². The maximum atomic E-state index is 10.7. The molecule has 0 aliphatic carbocycles. The molecule has 0 aromatic rings. The van der Waals surface area contributed by atoms with E-state index in [2.05, 4.69) is 22.1 Å². The summed E-state index contributed by atoms with van der Waals surface area (Å²) in [7, 11) is -3.62. The Balaban J connectivity index is 3.53. The molecule has 0 fully saturated rings. The molecule has 6 heteroatoms. The highest BCUT2D eigenvalue weighted by Crippen LogP contribution is 1.95. The van der Waals surface area contributed by atoms with Crippen molar-refractivity contribution in [2.45, 2.75) is 6.42 Å². The molecule has 0 saturated carbocycles. The van der Waals surface area contributed by atoms with Crippen LogP contribution in [0, 0.1) is 0 Å². The van der Waals surface area contributed by atoms with Gasteiger partial charge < -0.3 is 4.74 Å². The lowest BCUT2D eigenvalue weighted by atomic mass is 10.5. The smallest absolute Gasteiger partial charge is 0.330 e. The maximum absolute atomic E-state index is 10.7. The molecule has 0 heterocycles. The van der Waals surface area contributed by atoms with Gasteiger partial charge in [-0.05, 0) is 0 Å². The van der Waals surface area contributed by atoms with Crippen molar-refractivity contribution >= 4 is 16.1 Å². The summed E-state index contributed by atoms with van der Waals surface area (Å²) in [5.74, 6) is -0.545. The van der Waals surface area contributed by atoms with Crippen LogP contribution in [0.25, 0.3) is 0 Å². The van der Waals surface area contributed by atoms with E-state index in [4.69, 9.17) is 0 Å². The second-order valence-corrected chi connectivity index (χ2v) is 3.76. The zero-order chi connectivity index (χ0) is 11.0. The number of esters is 1. The van der Waals surface area contributed by atoms with Gasteiger partial charge in [-0.2, -0.15) is 8.42 Å². The van der Waals surface area contributed by atoms with E-state index in [1.165, 1.54) is 0 Å². The summed E-state index contributed by atoms with van der Waals surface area (Å²) in [6.45, 7) is 6.31. The molecule has 80 valence electrons. The second-order valence-electron chi connectivity index (χ2n) is 2.21. The molecular formula is C8H12O5S. The van der Waals surface area contributed by atoms with Gasteiger partial charge in [0, 0.05) is 12.5 Å². The van der Waals surface area contributed by atoms with Gasteiger partial charge in [0.15, 0.2) is 0 Å². The van der Waals surface area contributed by atoms with Gasteiger partial charge in [-0.1, -0.05) is 13.2 Å². The Bertz CT molecular complexity index is 304. The highest BCUT2D eigenvalue weighted by molar-refractivity contribution is 7.89. The van der Waals surface area contributed by atoms with Crippen molar-refractivity contribution in [2.24, 2.45) is 0 Å². The molecule has 0 saturated heterocycles. The average Bonchev–Trinajstić information content (AvgIpc) is 2.17. The van der Waals surface area contributed by atoms with E-state index >= 15 is 0 Å². The molecule has 0 rings (SSSR count). The van der Waals surface area contributed by atoms with Crippen LogP contribution < -0.4 is 0 Å². The molecule has 0 atom stereocenters. The summed E-state index contributed by atoms with van der Waals surface area (Å²) in [6, 6.07) is 0. The van der Waals surface area contributed by atoms with Crippen LogP contribution in [0.15, 0.2) is 24.6 Å². The van der Waals surface area contributed by atoms with Gasteiger partial charge in [-0.15, -0.1) is 0 Å². The van der Waals surface area contributed by atoms with Gasteiger partial charge in [0.05, 0.1) is 18.6 Å². The summed E-state index contributed by atoms with van der Waals surface area (Å²) in [5.41, 5.74) is 0. The van der Waals surface area contributed by atoms with Gasteiger partial charge in [0.1, 0.15) is 0 Å². The Hall–Kier alpha value is -1.14. The highest BCUT2D eigenvalue weighted by atomic mass is 32.2. The zero-order valence-electron chi connectivity index (χ0n) is 7.64. The Morgan fingerprint density at radius 1 is 1.29 bits per heavy atom. The second kappa shape index (κ2) is 6.33. The molecule has 14 heavy (non-hydrogen) atoms. The number of hydrogen-bond acceptors (Lipinski definition) is 5. The molecule has 0 spiro atoms. The molecule has 0 aromatic carbocycles. The van der Waals surface area contributed by atoms with E-state index in [9.17, 15) is 13.2 Å². The van der Waals surface area contributed by atoms with E-state index < -0.39 is 16.1 Å². The molecule has 0 aromatic heterocycles. The van der Waals surface area contributed by atoms with Crippen LogP contribution in [-0.2, 0) is 23.8 Å². The van der Waals surface area contributed by atoms with Crippen molar-refractivity contribution < 1.29 is 22.1 Å². The summed E-state index contributed by atoms with van der Waals surface area (Å²) >= 11 is 0. The fraction of sp³-hybridized carbons (Fsp3) is 0.375. The van der Waals surface area contributed by atoms with Crippen molar-refractivity contribution in [2.75, 3.05) is 13.2 Å². The number of ether oxygens (including phenoxy) is 1. The Morgan fingerprint density at radius 2 is 1.93 bits per heavy atom. The molecule has 0 N–H and O–H groups in total. The van der Waals surface area contributed by atoms with E-state index in [0.29, 0.717) is 11.8 Å². The number of hydrogen-bond donors (Lipinski definition) is 0. The fourth-order valence-corrected chi connectivity index (χ4v) is 0.960. The van der Waals surface area contributed by atoms with Crippen LogP contribution in [0.5, 0.6) is 0 Å². The lowest BCUT2D eigenvalue weighted by Gasteiger charge is -2.01. The van der Waals surface area contributed by atoms with E-state index in [-0.39, 0.29) is 13.2 Å². The van der Waals surface area contributed by atoms with E-state index in [1.54, 1.807) is 0 Å². The fourth-order valence-electron chi connectivity index (χ4n) is 0.514. The molecular weight excluding hydrogens is 208 g/mol. The Morgan fingerprint density at radius 3 is 2.43 bits per heavy atom. The molecule has 0 bridgehead atoms. The Kier molecular flexibility index (Phi) is 5.82. The van der Waals surface area contributed by atoms with E-state index in [1.807, 2.05) is 0 Å². The minimum absolute atomic E-state index is 0.0429. The van der Waals surface area contributed by atoms with Crippen LogP contribution in [0.1, 0.15) is 6.42 Å². The monoisotopic (exact) mass is 220 g/mol. The number of rotatable bonds is 7. The van der Waals surface area contributed by atoms with Crippen LogP contribution in [0.2, 0.25) is 0 Å². The third-order valence-corrected chi connectivity index (χ3v) is 2.05. The van der Waals surface area contributed by atoms with Gasteiger partial charge in [-0.25, -0.2) is 4.79 Å². The van der Waals surface area contributed by atoms with Gasteiger partial charge in [0.2, 0.25) is 0 Å². The molecule has 0 unspecified atom stereocenters. The first-order chi connectivity index (χ1) is 6.52. The predicted molar refractivity (Wildman–Crippen MR) is 50.8 cm³/mol. The third kappa shape index (κ3) is 6.38. The summed E-state index contributed by atoms with van der Waals surface area (Å²) < 4.78 is 30.4. The van der Waals surface area contributed by atoms with Crippen LogP contribution >= 0.6 is 0 Å². The van der Waals surface area contributed by atoms with Gasteiger partial charge in [-0.3, -0.25) is 4.18 Å². The minimum Gasteiger partial charge on any atom is -0.462 e. The largest absolute Gasteiger partial charge is 0.462 e. The van der Waals surface area contributed by atoms with Crippen LogP contribution in [-0.4, -0.2) is 27.6 Å². The lowest BCUT2D eigenvalue weighted by molar-refractivity contribution is -0.137. The summed E-state index contributed by atoms with van der Waals surface area (Å²) in [5, 5.41) is 0.711.